The van der Waals surface area contributed by atoms with Gasteiger partial charge < -0.3 is 9.84 Å². The number of carbonyl (C=O) groups excluding carboxylic acids is 2. The number of amides is 2. The van der Waals surface area contributed by atoms with Crippen molar-refractivity contribution in [2.24, 2.45) is 0 Å². The van der Waals surface area contributed by atoms with E-state index >= 15 is 0 Å². The fourth-order valence-corrected chi connectivity index (χ4v) is 4.15. The molecule has 3 aromatic rings. The number of carbonyl (C=O) groups is 3. The lowest BCUT2D eigenvalue weighted by atomic mass is 10.1. The first kappa shape index (κ1) is 22.6. The number of nitrogens with zero attached hydrogens (tertiary/aromatic N) is 1. The Morgan fingerprint density at radius 2 is 1.73 bits per heavy atom. The van der Waals surface area contributed by atoms with Crippen molar-refractivity contribution in [3.05, 3.63) is 105 Å². The molecular weight excluding hydrogens is 462 g/mol. The Morgan fingerprint density at radius 3 is 2.42 bits per heavy atom. The number of benzene rings is 3. The van der Waals surface area contributed by atoms with Gasteiger partial charge in [0.05, 0.1) is 17.0 Å². The Hall–Kier alpha value is -3.55. The van der Waals surface area contributed by atoms with Crippen molar-refractivity contribution in [3.8, 4) is 5.75 Å². The minimum absolute atomic E-state index is 0.190. The monoisotopic (exact) mass is 479 g/mol. The van der Waals surface area contributed by atoms with E-state index in [0.717, 1.165) is 28.5 Å². The van der Waals surface area contributed by atoms with E-state index in [-0.39, 0.29) is 29.9 Å². The first-order valence-electron chi connectivity index (χ1n) is 9.94. The maximum absolute atomic E-state index is 12.7. The highest BCUT2D eigenvalue weighted by molar-refractivity contribution is 8.18. The molecule has 1 fully saturated rings. The second kappa shape index (κ2) is 9.94. The topological polar surface area (TPSA) is 83.9 Å². The number of carboxylic acids is 1. The average Bonchev–Trinajstić information content (AvgIpc) is 3.07. The van der Waals surface area contributed by atoms with Gasteiger partial charge >= 0.3 is 5.97 Å². The molecule has 3 aromatic carbocycles. The predicted octanol–water partition coefficient (Wildman–Crippen LogP) is 5.85. The molecule has 1 aliphatic rings. The summed E-state index contributed by atoms with van der Waals surface area (Å²) in [6.07, 6.45) is 1.67. The van der Waals surface area contributed by atoms with Gasteiger partial charge in [0.2, 0.25) is 0 Å². The first-order chi connectivity index (χ1) is 15.9. The summed E-state index contributed by atoms with van der Waals surface area (Å²) in [6.45, 7) is 0.416. The van der Waals surface area contributed by atoms with Crippen molar-refractivity contribution in [3.63, 3.8) is 0 Å². The molecule has 6 nitrogen and oxygen atoms in total. The van der Waals surface area contributed by atoms with Crippen molar-refractivity contribution in [2.75, 3.05) is 0 Å². The summed E-state index contributed by atoms with van der Waals surface area (Å²) in [5, 5.41) is 9.35. The Kier molecular flexibility index (Phi) is 6.82. The number of halogens is 1. The van der Waals surface area contributed by atoms with Crippen LogP contribution in [-0.2, 0) is 17.9 Å². The highest BCUT2D eigenvalue weighted by Crippen LogP contribution is 2.33. The van der Waals surface area contributed by atoms with Crippen molar-refractivity contribution in [1.29, 1.82) is 0 Å². The lowest BCUT2D eigenvalue weighted by Gasteiger charge is -2.12. The first-order valence-corrected chi connectivity index (χ1v) is 11.1. The normalized spacial score (nSPS) is 14.7. The van der Waals surface area contributed by atoms with Crippen LogP contribution in [0.3, 0.4) is 0 Å². The van der Waals surface area contributed by atoms with Gasteiger partial charge in [0.1, 0.15) is 12.4 Å². The lowest BCUT2D eigenvalue weighted by molar-refractivity contribution is -0.123. The second-order valence-corrected chi connectivity index (χ2v) is 8.69. The van der Waals surface area contributed by atoms with Crippen LogP contribution < -0.4 is 4.74 Å². The standard InChI is InChI=1S/C25H18ClNO5S/c26-20-8-4-17(5-9-20)14-27-23(28)22(33-25(27)31)13-16-6-10-21(11-7-16)32-15-18-2-1-3-19(12-18)24(29)30/h1-13H,14-15H2,(H,29,30)/b22-13+. The van der Waals surface area contributed by atoms with E-state index in [9.17, 15) is 14.4 Å². The second-order valence-electron chi connectivity index (χ2n) is 7.26. The summed E-state index contributed by atoms with van der Waals surface area (Å²) >= 11 is 6.80. The number of thioether (sulfide) groups is 1. The molecule has 0 unspecified atom stereocenters. The molecule has 0 aromatic heterocycles. The van der Waals surface area contributed by atoms with Crippen LogP contribution in [0, 0.1) is 0 Å². The molecule has 4 rings (SSSR count). The highest BCUT2D eigenvalue weighted by atomic mass is 35.5. The number of carboxylic acid groups (broad SMARTS) is 1. The molecule has 1 aliphatic heterocycles. The van der Waals surface area contributed by atoms with Crippen molar-refractivity contribution >= 4 is 46.6 Å². The van der Waals surface area contributed by atoms with Crippen molar-refractivity contribution < 1.29 is 24.2 Å². The number of rotatable bonds is 7. The minimum Gasteiger partial charge on any atom is -0.489 e. The van der Waals surface area contributed by atoms with Crippen LogP contribution in [0.4, 0.5) is 4.79 Å². The van der Waals surface area contributed by atoms with E-state index in [1.54, 1.807) is 72.8 Å². The third-order valence-electron chi connectivity index (χ3n) is 4.88. The molecule has 1 heterocycles. The smallest absolute Gasteiger partial charge is 0.335 e. The molecule has 2 amide bonds. The van der Waals surface area contributed by atoms with E-state index in [1.807, 2.05) is 0 Å². The van der Waals surface area contributed by atoms with Crippen LogP contribution in [0.5, 0.6) is 5.75 Å². The molecule has 33 heavy (non-hydrogen) atoms. The van der Waals surface area contributed by atoms with Gasteiger partial charge in [-0.1, -0.05) is 48.0 Å². The summed E-state index contributed by atoms with van der Waals surface area (Å²) in [5.74, 6) is -0.721. The molecule has 0 radical (unpaired) electrons. The molecule has 0 atom stereocenters. The predicted molar refractivity (Wildman–Crippen MR) is 127 cm³/mol. The average molecular weight is 480 g/mol. The van der Waals surface area contributed by atoms with Crippen LogP contribution >= 0.6 is 23.4 Å². The van der Waals surface area contributed by atoms with Gasteiger partial charge in [-0.25, -0.2) is 4.79 Å². The highest BCUT2D eigenvalue weighted by Gasteiger charge is 2.34. The summed E-state index contributed by atoms with van der Waals surface area (Å²) < 4.78 is 5.72. The van der Waals surface area contributed by atoms with E-state index < -0.39 is 5.97 Å². The number of ether oxygens (including phenoxy) is 1. The Bertz CT molecular complexity index is 1240. The van der Waals surface area contributed by atoms with E-state index in [2.05, 4.69) is 0 Å². The summed E-state index contributed by atoms with van der Waals surface area (Å²) in [6, 6.07) is 20.7. The largest absolute Gasteiger partial charge is 0.489 e. The summed E-state index contributed by atoms with van der Waals surface area (Å²) in [4.78, 5) is 37.7. The molecule has 0 spiro atoms. The molecule has 166 valence electrons. The maximum atomic E-state index is 12.7. The Balaban J connectivity index is 1.39. The molecular formula is C25H18ClNO5S. The number of imide groups is 1. The zero-order valence-corrected chi connectivity index (χ0v) is 18.8. The maximum Gasteiger partial charge on any atom is 0.335 e. The summed E-state index contributed by atoms with van der Waals surface area (Å²) in [5.41, 5.74) is 2.52. The quantitative estimate of drug-likeness (QED) is 0.428. The fourth-order valence-electron chi connectivity index (χ4n) is 3.18. The zero-order chi connectivity index (χ0) is 23.4. The van der Waals surface area contributed by atoms with Crippen LogP contribution in [0.1, 0.15) is 27.0 Å². The number of aromatic carboxylic acids is 1. The van der Waals surface area contributed by atoms with Crippen LogP contribution in [0.25, 0.3) is 6.08 Å². The molecule has 0 bridgehead atoms. The molecule has 1 N–H and O–H groups in total. The van der Waals surface area contributed by atoms with Gasteiger partial charge in [-0.2, -0.15) is 0 Å². The number of hydrogen-bond donors (Lipinski definition) is 1. The van der Waals surface area contributed by atoms with E-state index in [0.29, 0.717) is 15.7 Å². The van der Waals surface area contributed by atoms with Gasteiger partial charge in [0.25, 0.3) is 11.1 Å². The van der Waals surface area contributed by atoms with Crippen molar-refractivity contribution in [2.45, 2.75) is 13.2 Å². The minimum atomic E-state index is -0.987. The van der Waals surface area contributed by atoms with Gasteiger partial charge in [-0.3, -0.25) is 14.5 Å². The lowest BCUT2D eigenvalue weighted by Crippen LogP contribution is -2.27. The van der Waals surface area contributed by atoms with E-state index in [1.165, 1.54) is 11.0 Å². The SMILES string of the molecule is O=C(O)c1cccc(COc2ccc(/C=C3/SC(=O)N(Cc4ccc(Cl)cc4)C3=O)cc2)c1. The van der Waals surface area contributed by atoms with Crippen LogP contribution in [0.15, 0.2) is 77.7 Å². The van der Waals surface area contributed by atoms with Gasteiger partial charge in [-0.15, -0.1) is 0 Å². The molecule has 8 heteroatoms. The third-order valence-corrected chi connectivity index (χ3v) is 6.04. The Morgan fingerprint density at radius 1 is 1.00 bits per heavy atom. The third kappa shape index (κ3) is 5.63. The Labute approximate surface area is 199 Å². The van der Waals surface area contributed by atoms with E-state index in [4.69, 9.17) is 21.4 Å². The van der Waals surface area contributed by atoms with Crippen LogP contribution in [0.2, 0.25) is 5.02 Å². The van der Waals surface area contributed by atoms with Gasteiger partial charge in [-0.05, 0) is 70.9 Å². The molecule has 1 saturated heterocycles. The van der Waals surface area contributed by atoms with Crippen LogP contribution in [-0.4, -0.2) is 27.1 Å². The van der Waals surface area contributed by atoms with Gasteiger partial charge in [0.15, 0.2) is 0 Å². The molecule has 0 aliphatic carbocycles. The zero-order valence-electron chi connectivity index (χ0n) is 17.2. The van der Waals surface area contributed by atoms with Crippen molar-refractivity contribution in [1.82, 2.24) is 4.90 Å². The molecule has 0 saturated carbocycles. The van der Waals surface area contributed by atoms with Gasteiger partial charge in [0, 0.05) is 5.02 Å². The number of hydrogen-bond acceptors (Lipinski definition) is 5. The summed E-state index contributed by atoms with van der Waals surface area (Å²) in [7, 11) is 0. The fraction of sp³-hybridized carbons (Fsp3) is 0.0800.